The van der Waals surface area contributed by atoms with E-state index >= 15 is 0 Å². The van der Waals surface area contributed by atoms with Gasteiger partial charge in [-0.3, -0.25) is 9.36 Å². The van der Waals surface area contributed by atoms with Crippen molar-refractivity contribution in [1.82, 2.24) is 19.9 Å². The maximum absolute atomic E-state index is 12.3. The third-order valence-corrected chi connectivity index (χ3v) is 6.26. The highest BCUT2D eigenvalue weighted by Gasteiger charge is 2.20. The van der Waals surface area contributed by atoms with Crippen molar-refractivity contribution in [2.24, 2.45) is 5.73 Å². The second-order valence-corrected chi connectivity index (χ2v) is 10.1. The van der Waals surface area contributed by atoms with Crippen LogP contribution in [0.5, 0.6) is 17.4 Å². The summed E-state index contributed by atoms with van der Waals surface area (Å²) in [7, 11) is 0. The summed E-state index contributed by atoms with van der Waals surface area (Å²) >= 11 is 0. The van der Waals surface area contributed by atoms with Crippen molar-refractivity contribution in [3.05, 3.63) is 82.4 Å². The van der Waals surface area contributed by atoms with Crippen molar-refractivity contribution in [3.8, 4) is 17.4 Å². The fourth-order valence-electron chi connectivity index (χ4n) is 4.33. The molecular weight excluding hydrogens is 498 g/mol. The van der Waals surface area contributed by atoms with E-state index in [1.54, 1.807) is 16.7 Å². The van der Waals surface area contributed by atoms with E-state index in [9.17, 15) is 14.7 Å². The smallest absolute Gasteiger partial charge is 0.326 e. The zero-order valence-corrected chi connectivity index (χ0v) is 22.4. The number of benzene rings is 2. The van der Waals surface area contributed by atoms with Crippen LogP contribution in [-0.2, 0) is 13.0 Å². The van der Waals surface area contributed by atoms with Gasteiger partial charge in [0.05, 0.1) is 11.1 Å². The zero-order valence-electron chi connectivity index (χ0n) is 22.4. The number of hydrogen-bond donors (Lipinski definition) is 4. The molecular formula is C29H35N5O5. The topological polar surface area (TPSA) is 144 Å². The van der Waals surface area contributed by atoms with Crippen LogP contribution in [0, 0.1) is 0 Å². The number of aryl methyl sites for hydroxylation is 1. The Kier molecular flexibility index (Phi) is 8.68. The summed E-state index contributed by atoms with van der Waals surface area (Å²) in [6.07, 6.45) is 2.18. The van der Waals surface area contributed by atoms with Gasteiger partial charge < -0.3 is 30.6 Å². The number of ether oxygens (including phenoxy) is 2. The molecule has 0 aliphatic rings. The van der Waals surface area contributed by atoms with Crippen LogP contribution >= 0.6 is 0 Å². The maximum Gasteiger partial charge on any atom is 0.326 e. The normalized spacial score (nSPS) is 12.4. The number of rotatable bonds is 13. The minimum absolute atomic E-state index is 0.0914. The number of aromatic nitrogens is 3. The highest BCUT2D eigenvalue weighted by molar-refractivity contribution is 5.92. The summed E-state index contributed by atoms with van der Waals surface area (Å²) in [5.41, 5.74) is 7.63. The molecule has 4 rings (SSSR count). The van der Waals surface area contributed by atoms with Crippen LogP contribution in [0.15, 0.2) is 65.6 Å². The number of aliphatic hydroxyl groups is 1. The van der Waals surface area contributed by atoms with E-state index in [4.69, 9.17) is 15.2 Å². The second-order valence-electron chi connectivity index (χ2n) is 10.1. The number of carbonyl (C=O) groups excluding carboxylic acids is 1. The monoisotopic (exact) mass is 533 g/mol. The van der Waals surface area contributed by atoms with Crippen molar-refractivity contribution in [1.29, 1.82) is 0 Å². The fourth-order valence-corrected chi connectivity index (χ4v) is 4.33. The summed E-state index contributed by atoms with van der Waals surface area (Å²) in [5, 5.41) is 14.0. The van der Waals surface area contributed by atoms with Gasteiger partial charge in [-0.05, 0) is 62.6 Å². The Hall–Kier alpha value is -4.15. The van der Waals surface area contributed by atoms with E-state index in [1.165, 1.54) is 6.20 Å². The first-order valence-electron chi connectivity index (χ1n) is 13.0. The molecule has 5 N–H and O–H groups in total. The van der Waals surface area contributed by atoms with Gasteiger partial charge in [-0.2, -0.15) is 0 Å². The van der Waals surface area contributed by atoms with E-state index in [1.807, 2.05) is 49.4 Å². The number of aliphatic hydroxyl groups excluding tert-OH is 1. The highest BCUT2D eigenvalue weighted by atomic mass is 16.5. The molecule has 0 spiro atoms. The number of pyridine rings is 1. The van der Waals surface area contributed by atoms with Gasteiger partial charge in [0.2, 0.25) is 11.8 Å². The minimum atomic E-state index is -0.742. The van der Waals surface area contributed by atoms with Gasteiger partial charge in [0, 0.05) is 30.9 Å². The molecule has 0 aliphatic carbocycles. The van der Waals surface area contributed by atoms with Gasteiger partial charge in [0.25, 0.3) is 0 Å². The molecule has 2 aromatic carbocycles. The van der Waals surface area contributed by atoms with Gasteiger partial charge in [0.15, 0.2) is 0 Å². The standard InChI is InChI=1S/C29H35N5O5/c1-4-14-34-26-23(33-28(34)37)6-5-7-24(26)38-18-21(35)17-32-29(2,3)15-19-8-11-22(12-9-19)39-25-13-10-20(16-31-25)27(30)36/h5-13,16,21,32,35H,4,14-15,17-18H2,1-3H3,(H2,30,36)(H,33,37)/t21-/m0/s1. The number of H-pyrrole nitrogens is 1. The van der Waals surface area contributed by atoms with Crippen LogP contribution in [0.1, 0.15) is 43.1 Å². The lowest BCUT2D eigenvalue weighted by atomic mass is 9.94. The number of primary amides is 1. The number of amides is 1. The molecule has 0 saturated heterocycles. The molecule has 39 heavy (non-hydrogen) atoms. The molecule has 10 heteroatoms. The average molecular weight is 534 g/mol. The molecule has 2 aromatic heterocycles. The number of aromatic amines is 1. The lowest BCUT2D eigenvalue weighted by Gasteiger charge is -2.28. The molecule has 1 amide bonds. The van der Waals surface area contributed by atoms with E-state index in [-0.39, 0.29) is 17.8 Å². The molecule has 2 heterocycles. The Labute approximate surface area is 226 Å². The number of hydrogen-bond acceptors (Lipinski definition) is 7. The van der Waals surface area contributed by atoms with E-state index in [2.05, 4.69) is 29.1 Å². The number of carbonyl (C=O) groups is 1. The predicted octanol–water partition coefficient (Wildman–Crippen LogP) is 3.38. The largest absolute Gasteiger partial charge is 0.489 e. The number of nitrogens with two attached hydrogens (primary N) is 1. The van der Waals surface area contributed by atoms with Crippen LogP contribution in [0.25, 0.3) is 11.0 Å². The Bertz CT molecular complexity index is 1460. The Morgan fingerprint density at radius 1 is 1.18 bits per heavy atom. The van der Waals surface area contributed by atoms with Gasteiger partial charge in [-0.15, -0.1) is 0 Å². The van der Waals surface area contributed by atoms with Crippen molar-refractivity contribution in [2.45, 2.75) is 51.8 Å². The lowest BCUT2D eigenvalue weighted by molar-refractivity contribution is 0.0993. The number of nitrogens with one attached hydrogen (secondary N) is 2. The summed E-state index contributed by atoms with van der Waals surface area (Å²) in [6.45, 7) is 7.17. The number of fused-ring (bicyclic) bond motifs is 1. The predicted molar refractivity (Wildman–Crippen MR) is 149 cm³/mol. The molecule has 4 aromatic rings. The second kappa shape index (κ2) is 12.1. The number of β-amino-alcohol motifs (C(OH)–C–C–N with tert-alkyl or cyclic N) is 1. The Morgan fingerprint density at radius 3 is 2.62 bits per heavy atom. The third kappa shape index (κ3) is 7.24. The molecule has 0 radical (unpaired) electrons. The molecule has 0 aliphatic heterocycles. The quantitative estimate of drug-likeness (QED) is 0.206. The first-order valence-corrected chi connectivity index (χ1v) is 13.0. The van der Waals surface area contributed by atoms with E-state index in [0.717, 1.165) is 23.9 Å². The number of imidazole rings is 1. The molecule has 10 nitrogen and oxygen atoms in total. The van der Waals surface area contributed by atoms with Crippen molar-refractivity contribution in [3.63, 3.8) is 0 Å². The zero-order chi connectivity index (χ0) is 28.0. The summed E-state index contributed by atoms with van der Waals surface area (Å²) in [4.78, 5) is 30.4. The van der Waals surface area contributed by atoms with Crippen LogP contribution < -0.4 is 26.2 Å². The van der Waals surface area contributed by atoms with Gasteiger partial charge in [0.1, 0.15) is 29.7 Å². The molecule has 1 atom stereocenters. The molecule has 0 bridgehead atoms. The summed E-state index contributed by atoms with van der Waals surface area (Å²) in [6, 6.07) is 16.3. The van der Waals surface area contributed by atoms with E-state index < -0.39 is 12.0 Å². The maximum atomic E-state index is 12.3. The SMILES string of the molecule is CCCn1c(=O)[nH]c2cccc(OC[C@@H](O)CNC(C)(C)Cc3ccc(Oc4ccc(C(N)=O)cn4)cc3)c21. The Balaban J connectivity index is 1.28. The van der Waals surface area contributed by atoms with Crippen molar-refractivity contribution < 1.29 is 19.4 Å². The van der Waals surface area contributed by atoms with Crippen LogP contribution in [0.3, 0.4) is 0 Å². The third-order valence-electron chi connectivity index (χ3n) is 6.26. The lowest BCUT2D eigenvalue weighted by Crippen LogP contribution is -2.46. The first-order chi connectivity index (χ1) is 18.6. The van der Waals surface area contributed by atoms with Crippen LogP contribution in [0.4, 0.5) is 0 Å². The first kappa shape index (κ1) is 27.9. The molecule has 0 unspecified atom stereocenters. The molecule has 0 fully saturated rings. The van der Waals surface area contributed by atoms with Crippen LogP contribution in [-0.4, -0.2) is 50.3 Å². The van der Waals surface area contributed by atoms with Gasteiger partial charge in [-0.1, -0.05) is 25.1 Å². The van der Waals surface area contributed by atoms with Gasteiger partial charge >= 0.3 is 5.69 Å². The number of nitrogens with zero attached hydrogens (tertiary/aromatic N) is 2. The number of para-hydroxylation sites is 1. The highest BCUT2D eigenvalue weighted by Crippen LogP contribution is 2.24. The average Bonchev–Trinajstić information content (AvgIpc) is 3.23. The Morgan fingerprint density at radius 2 is 1.95 bits per heavy atom. The van der Waals surface area contributed by atoms with Crippen molar-refractivity contribution >= 4 is 16.9 Å². The minimum Gasteiger partial charge on any atom is -0.489 e. The molecule has 0 saturated carbocycles. The summed E-state index contributed by atoms with van der Waals surface area (Å²) < 4.78 is 13.3. The van der Waals surface area contributed by atoms with Crippen LogP contribution in [0.2, 0.25) is 0 Å². The fraction of sp³-hybridized carbons (Fsp3) is 0.345. The van der Waals surface area contributed by atoms with E-state index in [0.29, 0.717) is 41.5 Å². The van der Waals surface area contributed by atoms with Crippen molar-refractivity contribution in [2.75, 3.05) is 13.2 Å². The molecule has 206 valence electrons. The summed E-state index contributed by atoms with van der Waals surface area (Å²) in [5.74, 6) is 1.02. The van der Waals surface area contributed by atoms with Gasteiger partial charge in [-0.25, -0.2) is 9.78 Å².